The molecule has 1 aromatic heterocycles. The number of halogens is 18. The lowest BCUT2D eigenvalue weighted by Crippen LogP contribution is -2.39. The molecule has 20 heteroatoms. The summed E-state index contributed by atoms with van der Waals surface area (Å²) in [5.41, 5.74) is -18.8. The van der Waals surface area contributed by atoms with Crippen LogP contribution in [0.4, 0.5) is 79.0 Å². The third-order valence-electron chi connectivity index (χ3n) is 6.36. The van der Waals surface area contributed by atoms with E-state index >= 15 is 0 Å². The average molecular weight is 721 g/mol. The molecule has 0 aliphatic rings. The average Bonchev–Trinajstić information content (AvgIpc) is 2.89. The second kappa shape index (κ2) is 11.4. The summed E-state index contributed by atoms with van der Waals surface area (Å²) < 4.78 is 254. The molecule has 0 amide bonds. The summed E-state index contributed by atoms with van der Waals surface area (Å²) in [5, 5.41) is -5.07. The van der Waals surface area contributed by atoms with Gasteiger partial charge in [-0.25, -0.2) is 4.98 Å². The molecular formula is C27H10F18NP. The fraction of sp³-hybridized carbons (Fsp3) is 0.222. The van der Waals surface area contributed by atoms with E-state index in [2.05, 4.69) is 4.98 Å². The molecular weight excluding hydrogens is 711 g/mol. The Kier molecular flexibility index (Phi) is 8.78. The van der Waals surface area contributed by atoms with Crippen LogP contribution < -0.4 is 16.0 Å². The van der Waals surface area contributed by atoms with Crippen LogP contribution in [0.25, 0.3) is 10.9 Å². The summed E-state index contributed by atoms with van der Waals surface area (Å²) in [6, 6.07) is 2.18. The van der Waals surface area contributed by atoms with E-state index in [9.17, 15) is 79.0 Å². The predicted molar refractivity (Wildman–Crippen MR) is 130 cm³/mol. The van der Waals surface area contributed by atoms with Crippen LogP contribution in [0.2, 0.25) is 0 Å². The highest BCUT2D eigenvalue weighted by Crippen LogP contribution is 2.51. The number of pyridine rings is 1. The zero-order valence-corrected chi connectivity index (χ0v) is 22.9. The fourth-order valence-electron chi connectivity index (χ4n) is 4.46. The Balaban J connectivity index is 2.39. The van der Waals surface area contributed by atoms with Crippen molar-refractivity contribution >= 4 is 34.9 Å². The quantitative estimate of drug-likeness (QED) is 0.152. The van der Waals surface area contributed by atoms with Crippen molar-refractivity contribution in [3.05, 3.63) is 94.0 Å². The SMILES string of the molecule is FC(F)(F)c1cc(C(F)(F)F)c(P(c2ccc3ccccc3n2)c2c(C(F)(F)F)cc(C(F)(F)F)cc2C(F)(F)F)c(C(F)(F)F)c1. The van der Waals surface area contributed by atoms with Gasteiger partial charge in [0.15, 0.2) is 0 Å². The smallest absolute Gasteiger partial charge is 0.247 e. The lowest BCUT2D eigenvalue weighted by Gasteiger charge is -2.31. The lowest BCUT2D eigenvalue weighted by atomic mass is 10.0. The summed E-state index contributed by atoms with van der Waals surface area (Å²) in [5.74, 6) is 0. The zero-order valence-electron chi connectivity index (χ0n) is 22.0. The van der Waals surface area contributed by atoms with Crippen LogP contribution in [0.15, 0.2) is 60.7 Å². The number of rotatable bonds is 3. The summed E-state index contributed by atoms with van der Waals surface area (Å²) >= 11 is 0. The number of hydrogen-bond donors (Lipinski definition) is 0. The van der Waals surface area contributed by atoms with Gasteiger partial charge in [-0.3, -0.25) is 0 Å². The molecule has 0 unspecified atom stereocenters. The first-order chi connectivity index (χ1) is 21.1. The molecule has 0 aliphatic heterocycles. The molecule has 1 heterocycles. The van der Waals surface area contributed by atoms with Gasteiger partial charge in [0, 0.05) is 23.9 Å². The van der Waals surface area contributed by atoms with Gasteiger partial charge in [0.25, 0.3) is 0 Å². The number of benzene rings is 3. The van der Waals surface area contributed by atoms with Crippen LogP contribution in [0, 0.1) is 0 Å². The third kappa shape index (κ3) is 7.38. The van der Waals surface area contributed by atoms with Crippen LogP contribution >= 0.6 is 7.92 Å². The minimum atomic E-state index is -6.31. The van der Waals surface area contributed by atoms with E-state index in [1.807, 2.05) is 0 Å². The molecule has 0 fully saturated rings. The summed E-state index contributed by atoms with van der Waals surface area (Å²) in [4.78, 5) is 3.68. The normalized spacial score (nSPS) is 13.9. The first kappa shape index (κ1) is 36.1. The summed E-state index contributed by atoms with van der Waals surface area (Å²) in [7, 11) is -4.68. The first-order valence-corrected chi connectivity index (χ1v) is 13.4. The van der Waals surface area contributed by atoms with Crippen molar-refractivity contribution in [1.82, 2.24) is 4.98 Å². The maximum atomic E-state index is 14.4. The molecule has 0 aliphatic carbocycles. The van der Waals surface area contributed by atoms with E-state index in [0.717, 1.165) is 18.2 Å². The lowest BCUT2D eigenvalue weighted by molar-refractivity contribution is -0.149. The van der Waals surface area contributed by atoms with Gasteiger partial charge in [0.2, 0.25) is 0 Å². The Labute approximate surface area is 250 Å². The van der Waals surface area contributed by atoms with E-state index in [1.54, 1.807) is 0 Å². The number of nitrogens with zero attached hydrogens (tertiary/aromatic N) is 1. The number of alkyl halides is 18. The molecule has 0 spiro atoms. The van der Waals surface area contributed by atoms with Crippen molar-refractivity contribution in [2.24, 2.45) is 0 Å². The van der Waals surface area contributed by atoms with Crippen LogP contribution in [-0.4, -0.2) is 4.98 Å². The van der Waals surface area contributed by atoms with Crippen molar-refractivity contribution in [1.29, 1.82) is 0 Å². The van der Waals surface area contributed by atoms with E-state index in [-0.39, 0.29) is 5.39 Å². The highest BCUT2D eigenvalue weighted by molar-refractivity contribution is 7.80. The maximum Gasteiger partial charge on any atom is 0.417 e. The van der Waals surface area contributed by atoms with Gasteiger partial charge >= 0.3 is 37.1 Å². The molecule has 0 radical (unpaired) electrons. The fourth-order valence-corrected chi connectivity index (χ4v) is 7.31. The van der Waals surface area contributed by atoms with Gasteiger partial charge in [-0.05, 0) is 36.4 Å². The van der Waals surface area contributed by atoms with E-state index in [1.165, 1.54) is 12.1 Å². The number of fused-ring (bicyclic) bond motifs is 1. The van der Waals surface area contributed by atoms with Crippen molar-refractivity contribution in [3.8, 4) is 0 Å². The van der Waals surface area contributed by atoms with Crippen LogP contribution in [0.3, 0.4) is 0 Å². The minimum absolute atomic E-state index is 0.00483. The van der Waals surface area contributed by atoms with Crippen molar-refractivity contribution in [2.45, 2.75) is 37.1 Å². The number of hydrogen-bond acceptors (Lipinski definition) is 1. The molecule has 254 valence electrons. The second-order valence-electron chi connectivity index (χ2n) is 9.52. The molecule has 0 saturated heterocycles. The van der Waals surface area contributed by atoms with E-state index in [0.29, 0.717) is 6.07 Å². The van der Waals surface area contributed by atoms with Gasteiger partial charge in [-0.2, -0.15) is 79.0 Å². The Morgan fingerprint density at radius 3 is 1.06 bits per heavy atom. The molecule has 0 saturated carbocycles. The molecule has 0 N–H and O–H groups in total. The Morgan fingerprint density at radius 1 is 0.404 bits per heavy atom. The van der Waals surface area contributed by atoms with Gasteiger partial charge < -0.3 is 0 Å². The summed E-state index contributed by atoms with van der Waals surface area (Å²) in [6.07, 6.45) is -37.1. The molecule has 3 aromatic carbocycles. The third-order valence-corrected chi connectivity index (χ3v) is 8.92. The van der Waals surface area contributed by atoms with Crippen LogP contribution in [0.5, 0.6) is 0 Å². The van der Waals surface area contributed by atoms with Gasteiger partial charge in [-0.15, -0.1) is 0 Å². The topological polar surface area (TPSA) is 12.9 Å². The van der Waals surface area contributed by atoms with E-state index in [4.69, 9.17) is 0 Å². The number of aromatic nitrogens is 1. The van der Waals surface area contributed by atoms with Gasteiger partial charge in [0.05, 0.1) is 44.3 Å². The highest BCUT2D eigenvalue weighted by Gasteiger charge is 2.52. The molecule has 0 bridgehead atoms. The van der Waals surface area contributed by atoms with Crippen LogP contribution in [0.1, 0.15) is 33.4 Å². The first-order valence-electron chi connectivity index (χ1n) is 12.1. The molecule has 47 heavy (non-hydrogen) atoms. The Morgan fingerprint density at radius 2 is 0.745 bits per heavy atom. The van der Waals surface area contributed by atoms with Crippen molar-refractivity contribution < 1.29 is 79.0 Å². The van der Waals surface area contributed by atoms with Crippen molar-refractivity contribution in [2.75, 3.05) is 0 Å². The molecule has 0 atom stereocenters. The van der Waals surface area contributed by atoms with Gasteiger partial charge in [0.1, 0.15) is 0 Å². The number of para-hydroxylation sites is 1. The highest BCUT2D eigenvalue weighted by atomic mass is 31.1. The zero-order chi connectivity index (χ0) is 35.7. The second-order valence-corrected chi connectivity index (χ2v) is 11.5. The van der Waals surface area contributed by atoms with E-state index < -0.39 is 124 Å². The molecule has 1 nitrogen and oxygen atoms in total. The maximum absolute atomic E-state index is 14.4. The summed E-state index contributed by atoms with van der Waals surface area (Å²) in [6.45, 7) is 0. The largest absolute Gasteiger partial charge is 0.417 e. The van der Waals surface area contributed by atoms with Gasteiger partial charge in [-0.1, -0.05) is 24.3 Å². The molecule has 4 rings (SSSR count). The van der Waals surface area contributed by atoms with Crippen molar-refractivity contribution in [3.63, 3.8) is 0 Å². The van der Waals surface area contributed by atoms with Crippen LogP contribution in [-0.2, 0) is 37.1 Å². The standard InChI is InChI=1S/C27H10F18NP/c28-22(29,30)12-7-14(24(34,35)36)20(15(8-12)25(37,38)39)47(19-6-5-11-3-1-2-4-18(11)46-19)21-16(26(40,41)42)9-13(23(31,32)33)10-17(21)27(43,44)45/h1-10H. The predicted octanol–water partition coefficient (Wildman–Crippen LogP) is 10.1. The Hall–Kier alpha value is -3.76. The minimum Gasteiger partial charge on any atom is -0.247 e. The monoisotopic (exact) mass is 721 g/mol. The molecule has 4 aromatic rings. The Bertz CT molecular complexity index is 1640.